The minimum atomic E-state index is -0.846. The first-order valence-electron chi connectivity index (χ1n) is 7.56. The van der Waals surface area contributed by atoms with Crippen LogP contribution in [0.25, 0.3) is 0 Å². The Morgan fingerprint density at radius 3 is 2.57 bits per heavy atom. The lowest BCUT2D eigenvalue weighted by molar-refractivity contribution is -0.142. The third kappa shape index (κ3) is 3.31. The largest absolute Gasteiger partial charge is 0.480 e. The molecule has 0 radical (unpaired) electrons. The molecule has 1 heterocycles. The Labute approximate surface area is 142 Å². The van der Waals surface area contributed by atoms with E-state index < -0.39 is 18.1 Å². The van der Waals surface area contributed by atoms with Crippen molar-refractivity contribution in [3.63, 3.8) is 0 Å². The smallest absolute Gasteiger partial charge is 0.320 e. The molecule has 0 saturated carbocycles. The molecule has 2 aromatic rings. The molecule has 0 bridgehead atoms. The first kappa shape index (κ1) is 16.1. The molecule has 1 N–H and O–H groups in total. The third-order valence-corrected chi connectivity index (χ3v) is 4.83. The topological polar surface area (TPSA) is 40.5 Å². The summed E-state index contributed by atoms with van der Waals surface area (Å²) in [5, 5.41) is 9.50. The summed E-state index contributed by atoms with van der Waals surface area (Å²) < 4.78 is 15.3. The van der Waals surface area contributed by atoms with E-state index in [0.29, 0.717) is 18.5 Å². The number of carboxylic acid groups (broad SMARTS) is 1. The molecule has 2 unspecified atom stereocenters. The number of halogens is 2. The molecular weight excluding hydrogens is 361 g/mol. The number of likely N-dealkylation sites (tertiary alicyclic amines) is 1. The predicted octanol–water partition coefficient (Wildman–Crippen LogP) is 4.23. The Balaban J connectivity index is 2.08. The van der Waals surface area contributed by atoms with Crippen LogP contribution in [-0.2, 0) is 4.79 Å². The average molecular weight is 378 g/mol. The van der Waals surface area contributed by atoms with E-state index in [0.717, 1.165) is 16.5 Å². The number of nitrogens with zero attached hydrogens (tertiary/aromatic N) is 1. The normalized spacial score (nSPS) is 19.7. The number of aliphatic carboxylic acids is 1. The molecule has 5 heteroatoms. The van der Waals surface area contributed by atoms with Crippen molar-refractivity contribution in [3.8, 4) is 0 Å². The highest BCUT2D eigenvalue weighted by Crippen LogP contribution is 2.36. The van der Waals surface area contributed by atoms with E-state index in [1.807, 2.05) is 29.2 Å². The van der Waals surface area contributed by atoms with Crippen LogP contribution >= 0.6 is 15.9 Å². The molecule has 0 aliphatic carbocycles. The van der Waals surface area contributed by atoms with Gasteiger partial charge in [0, 0.05) is 16.6 Å². The van der Waals surface area contributed by atoms with Crippen molar-refractivity contribution >= 4 is 21.9 Å². The molecule has 1 fully saturated rings. The number of carboxylic acids is 1. The van der Waals surface area contributed by atoms with Crippen molar-refractivity contribution in [2.45, 2.75) is 24.9 Å². The van der Waals surface area contributed by atoms with Crippen molar-refractivity contribution in [3.05, 3.63) is 69.9 Å². The summed E-state index contributed by atoms with van der Waals surface area (Å²) in [6.45, 7) is 0.645. The van der Waals surface area contributed by atoms with Gasteiger partial charge in [0.15, 0.2) is 0 Å². The Bertz CT molecular complexity index is 704. The van der Waals surface area contributed by atoms with E-state index in [4.69, 9.17) is 0 Å². The Morgan fingerprint density at radius 1 is 1.22 bits per heavy atom. The van der Waals surface area contributed by atoms with Crippen LogP contribution in [0.15, 0.2) is 53.0 Å². The molecule has 1 saturated heterocycles. The summed E-state index contributed by atoms with van der Waals surface area (Å²) in [7, 11) is 0. The summed E-state index contributed by atoms with van der Waals surface area (Å²) in [5.74, 6) is -1.16. The second kappa shape index (κ2) is 6.81. The van der Waals surface area contributed by atoms with Gasteiger partial charge >= 0.3 is 5.97 Å². The van der Waals surface area contributed by atoms with Crippen LogP contribution in [0, 0.1) is 5.82 Å². The van der Waals surface area contributed by atoms with Crippen LogP contribution in [0.4, 0.5) is 4.39 Å². The molecule has 0 spiro atoms. The molecule has 0 aromatic heterocycles. The van der Waals surface area contributed by atoms with Gasteiger partial charge in [0.05, 0.1) is 6.04 Å². The highest BCUT2D eigenvalue weighted by molar-refractivity contribution is 9.10. The number of hydrogen-bond donors (Lipinski definition) is 1. The van der Waals surface area contributed by atoms with Gasteiger partial charge in [0.25, 0.3) is 0 Å². The van der Waals surface area contributed by atoms with Gasteiger partial charge in [-0.25, -0.2) is 4.39 Å². The number of hydrogen-bond acceptors (Lipinski definition) is 2. The number of rotatable bonds is 4. The van der Waals surface area contributed by atoms with E-state index in [1.54, 1.807) is 18.2 Å². The highest BCUT2D eigenvalue weighted by atomic mass is 79.9. The fraction of sp³-hybridized carbons (Fsp3) is 0.278. The molecule has 1 aliphatic rings. The zero-order valence-corrected chi connectivity index (χ0v) is 14.0. The minimum Gasteiger partial charge on any atom is -0.480 e. The van der Waals surface area contributed by atoms with E-state index in [9.17, 15) is 14.3 Å². The van der Waals surface area contributed by atoms with Crippen molar-refractivity contribution in [1.82, 2.24) is 4.90 Å². The first-order chi connectivity index (χ1) is 11.1. The van der Waals surface area contributed by atoms with Crippen molar-refractivity contribution in [2.24, 2.45) is 0 Å². The quantitative estimate of drug-likeness (QED) is 0.866. The third-order valence-electron chi connectivity index (χ3n) is 4.30. The molecule has 23 heavy (non-hydrogen) atoms. The molecule has 2 aromatic carbocycles. The predicted molar refractivity (Wildman–Crippen MR) is 89.7 cm³/mol. The van der Waals surface area contributed by atoms with E-state index in [2.05, 4.69) is 15.9 Å². The number of carbonyl (C=O) groups is 1. The molecule has 3 nitrogen and oxygen atoms in total. The Hall–Kier alpha value is -1.72. The lowest BCUT2D eigenvalue weighted by Gasteiger charge is -2.32. The van der Waals surface area contributed by atoms with Crippen LogP contribution < -0.4 is 0 Å². The monoisotopic (exact) mass is 377 g/mol. The van der Waals surface area contributed by atoms with Gasteiger partial charge in [-0.3, -0.25) is 9.69 Å². The van der Waals surface area contributed by atoms with Crippen LogP contribution in [0.3, 0.4) is 0 Å². The molecule has 120 valence electrons. The van der Waals surface area contributed by atoms with Gasteiger partial charge in [0.1, 0.15) is 11.9 Å². The molecule has 2 atom stereocenters. The summed E-state index contributed by atoms with van der Waals surface area (Å²) in [6, 6.07) is 13.2. The fourth-order valence-corrected chi connectivity index (χ4v) is 3.52. The van der Waals surface area contributed by atoms with Crippen molar-refractivity contribution < 1.29 is 14.3 Å². The van der Waals surface area contributed by atoms with Gasteiger partial charge in [-0.05, 0) is 36.6 Å². The second-order valence-corrected chi connectivity index (χ2v) is 6.63. The van der Waals surface area contributed by atoms with E-state index in [-0.39, 0.29) is 5.82 Å². The summed E-state index contributed by atoms with van der Waals surface area (Å²) in [4.78, 5) is 13.5. The summed E-state index contributed by atoms with van der Waals surface area (Å²) >= 11 is 3.40. The maximum atomic E-state index is 14.4. The maximum absolute atomic E-state index is 14.4. The zero-order valence-electron chi connectivity index (χ0n) is 12.5. The zero-order chi connectivity index (χ0) is 16.4. The minimum absolute atomic E-state index is 0.309. The van der Waals surface area contributed by atoms with E-state index >= 15 is 0 Å². The lowest BCUT2D eigenvalue weighted by Crippen LogP contribution is -2.39. The van der Waals surface area contributed by atoms with Crippen LogP contribution in [0.5, 0.6) is 0 Å². The molecule has 0 amide bonds. The van der Waals surface area contributed by atoms with Gasteiger partial charge < -0.3 is 5.11 Å². The van der Waals surface area contributed by atoms with Gasteiger partial charge in [-0.15, -0.1) is 0 Å². The molecule has 1 aliphatic heterocycles. The first-order valence-corrected chi connectivity index (χ1v) is 8.35. The van der Waals surface area contributed by atoms with Crippen LogP contribution in [0.2, 0.25) is 0 Å². The van der Waals surface area contributed by atoms with Crippen LogP contribution in [0.1, 0.15) is 30.0 Å². The van der Waals surface area contributed by atoms with Crippen LogP contribution in [-0.4, -0.2) is 28.6 Å². The maximum Gasteiger partial charge on any atom is 0.320 e. The standard InChI is InChI=1S/C18H17BrFNO2/c19-13-9-7-12(8-10-13)17(14-4-1-2-5-15(14)20)21-11-3-6-16(21)18(22)23/h1-2,4-5,7-10,16-17H,3,6,11H2,(H,22,23). The van der Waals surface area contributed by atoms with Gasteiger partial charge in [-0.2, -0.15) is 0 Å². The second-order valence-electron chi connectivity index (χ2n) is 5.71. The van der Waals surface area contributed by atoms with Crippen molar-refractivity contribution in [2.75, 3.05) is 6.54 Å². The fourth-order valence-electron chi connectivity index (χ4n) is 3.25. The number of benzene rings is 2. The summed E-state index contributed by atoms with van der Waals surface area (Å²) in [6.07, 6.45) is 1.40. The summed E-state index contributed by atoms with van der Waals surface area (Å²) in [5.41, 5.74) is 1.41. The SMILES string of the molecule is O=C(O)C1CCCN1C(c1ccc(Br)cc1)c1ccccc1F. The van der Waals surface area contributed by atoms with Gasteiger partial charge in [0.2, 0.25) is 0 Å². The van der Waals surface area contributed by atoms with E-state index in [1.165, 1.54) is 6.07 Å². The Kier molecular flexibility index (Phi) is 4.78. The van der Waals surface area contributed by atoms with Crippen molar-refractivity contribution in [1.29, 1.82) is 0 Å². The highest BCUT2D eigenvalue weighted by Gasteiger charge is 2.37. The molecular formula is C18H17BrFNO2. The van der Waals surface area contributed by atoms with Gasteiger partial charge in [-0.1, -0.05) is 46.3 Å². The average Bonchev–Trinajstić information content (AvgIpc) is 3.01. The lowest BCUT2D eigenvalue weighted by atomic mass is 9.96. The Morgan fingerprint density at radius 2 is 1.91 bits per heavy atom. The molecule has 3 rings (SSSR count).